The average molecular weight is 499 g/mol. The van der Waals surface area contributed by atoms with Gasteiger partial charge in [0.2, 0.25) is 0 Å². The van der Waals surface area contributed by atoms with Gasteiger partial charge < -0.3 is 19.7 Å². The van der Waals surface area contributed by atoms with E-state index in [9.17, 15) is 28.6 Å². The molecule has 5 aliphatic rings. The molecule has 0 bridgehead atoms. The predicted octanol–water partition coefficient (Wildman–Crippen LogP) is 4.81. The molecule has 6 nitrogen and oxygen atoms in total. The van der Waals surface area contributed by atoms with Gasteiger partial charge in [0.25, 0.3) is 0 Å². The van der Waals surface area contributed by atoms with Crippen molar-refractivity contribution in [1.82, 2.24) is 4.98 Å². The number of halogens is 3. The number of aliphatic hydroxyl groups excluding tert-OH is 2. The van der Waals surface area contributed by atoms with Crippen LogP contribution in [0.1, 0.15) is 114 Å². The summed E-state index contributed by atoms with van der Waals surface area (Å²) < 4.78 is 53.9. The summed E-state index contributed by atoms with van der Waals surface area (Å²) >= 11 is 0. The molecule has 0 radical (unpaired) electrons. The van der Waals surface area contributed by atoms with E-state index in [1.807, 2.05) is 6.92 Å². The van der Waals surface area contributed by atoms with E-state index < -0.39 is 47.1 Å². The fourth-order valence-corrected chi connectivity index (χ4v) is 7.15. The maximum absolute atomic E-state index is 13.8. The fraction of sp³-hybridized carbons (Fsp3) is 0.556. The van der Waals surface area contributed by atoms with Crippen LogP contribution in [0.2, 0.25) is 0 Å². The maximum Gasteiger partial charge on any atom is 0.417 e. The van der Waals surface area contributed by atoms with E-state index in [1.165, 1.54) is 6.07 Å². The highest BCUT2D eigenvalue weighted by Crippen LogP contribution is 2.66. The molecule has 1 aromatic carbocycles. The molecule has 4 atom stereocenters. The molecule has 9 heteroatoms. The van der Waals surface area contributed by atoms with Crippen LogP contribution in [0.15, 0.2) is 12.1 Å². The number of fused-ring (bicyclic) bond motifs is 5. The Bertz CT molecular complexity index is 1350. The van der Waals surface area contributed by atoms with Gasteiger partial charge >= 0.3 is 6.18 Å². The number of benzene rings is 1. The van der Waals surface area contributed by atoms with Gasteiger partial charge in [0, 0.05) is 48.5 Å². The number of rotatable bonds is 0. The highest BCUT2D eigenvalue weighted by atomic mass is 19.4. The van der Waals surface area contributed by atoms with Crippen molar-refractivity contribution in [1.29, 1.82) is 5.26 Å². The van der Waals surface area contributed by atoms with Crippen molar-refractivity contribution in [2.75, 3.05) is 13.2 Å². The summed E-state index contributed by atoms with van der Waals surface area (Å²) in [6.45, 7) is 2.70. The number of alkyl halides is 3. The second kappa shape index (κ2) is 7.07. The van der Waals surface area contributed by atoms with Crippen molar-refractivity contribution in [2.24, 2.45) is 5.41 Å². The van der Waals surface area contributed by atoms with Crippen LogP contribution in [-0.2, 0) is 21.3 Å². The van der Waals surface area contributed by atoms with Crippen LogP contribution in [0.4, 0.5) is 13.2 Å². The van der Waals surface area contributed by atoms with Gasteiger partial charge in [-0.2, -0.15) is 18.4 Å². The Kier molecular flexibility index (Phi) is 4.45. The molecule has 2 fully saturated rings. The predicted molar refractivity (Wildman–Crippen MR) is 119 cm³/mol. The number of aromatic nitrogens is 1. The lowest BCUT2D eigenvalue weighted by atomic mass is 9.70. The first-order chi connectivity index (χ1) is 17.1. The lowest BCUT2D eigenvalue weighted by Crippen LogP contribution is -2.37. The lowest BCUT2D eigenvalue weighted by Gasteiger charge is -2.40. The van der Waals surface area contributed by atoms with Crippen molar-refractivity contribution >= 4 is 0 Å². The Morgan fingerprint density at radius 3 is 2.42 bits per heavy atom. The summed E-state index contributed by atoms with van der Waals surface area (Å²) in [4.78, 5) is 4.90. The van der Waals surface area contributed by atoms with Crippen LogP contribution >= 0.6 is 0 Å². The van der Waals surface area contributed by atoms with Crippen LogP contribution in [0.25, 0.3) is 0 Å². The van der Waals surface area contributed by atoms with Crippen molar-refractivity contribution < 1.29 is 32.9 Å². The SMILES string of the molecule is CC1c2cc(C(F)(F)F)c(C#N)cc2C2OC3(CCOCC3)c3c4c(nc1c32)C(O)C1(CC1)CC4O. The topological polar surface area (TPSA) is 95.6 Å². The Hall–Kier alpha value is -2.51. The largest absolute Gasteiger partial charge is 0.417 e. The number of aliphatic hydroxyl groups is 2. The van der Waals surface area contributed by atoms with E-state index in [0.717, 1.165) is 30.0 Å². The van der Waals surface area contributed by atoms with Gasteiger partial charge in [-0.1, -0.05) is 6.92 Å². The minimum atomic E-state index is -4.67. The summed E-state index contributed by atoms with van der Waals surface area (Å²) in [7, 11) is 0. The van der Waals surface area contributed by atoms with Crippen molar-refractivity contribution in [2.45, 2.75) is 75.0 Å². The Morgan fingerprint density at radius 1 is 1.06 bits per heavy atom. The second-order valence-electron chi connectivity index (χ2n) is 11.0. The molecule has 3 aliphatic carbocycles. The van der Waals surface area contributed by atoms with Crippen LogP contribution < -0.4 is 0 Å². The fourth-order valence-electron chi connectivity index (χ4n) is 7.15. The van der Waals surface area contributed by atoms with E-state index in [4.69, 9.17) is 14.5 Å². The first-order valence-electron chi connectivity index (χ1n) is 12.5. The maximum atomic E-state index is 13.8. The van der Waals surface area contributed by atoms with Crippen molar-refractivity contribution in [3.63, 3.8) is 0 Å². The zero-order valence-electron chi connectivity index (χ0n) is 19.7. The van der Waals surface area contributed by atoms with Crippen molar-refractivity contribution in [3.05, 3.63) is 62.5 Å². The Morgan fingerprint density at radius 2 is 1.78 bits per heavy atom. The summed E-state index contributed by atoms with van der Waals surface area (Å²) in [5.74, 6) is -0.510. The monoisotopic (exact) mass is 498 g/mol. The molecular weight excluding hydrogens is 473 g/mol. The summed E-state index contributed by atoms with van der Waals surface area (Å²) in [5, 5.41) is 32.3. The van der Waals surface area contributed by atoms with Gasteiger partial charge in [-0.05, 0) is 48.1 Å². The summed E-state index contributed by atoms with van der Waals surface area (Å²) in [6, 6.07) is 4.10. The molecule has 2 N–H and O–H groups in total. The minimum absolute atomic E-state index is 0.386. The Labute approximate surface area is 205 Å². The third-order valence-electron chi connectivity index (χ3n) is 9.17. The third kappa shape index (κ3) is 2.79. The van der Waals surface area contributed by atoms with Crippen LogP contribution in [0, 0.1) is 16.7 Å². The van der Waals surface area contributed by atoms with Gasteiger partial charge in [0.15, 0.2) is 0 Å². The smallest absolute Gasteiger partial charge is 0.388 e. The highest BCUT2D eigenvalue weighted by molar-refractivity contribution is 5.62. The van der Waals surface area contributed by atoms with Gasteiger partial charge in [-0.15, -0.1) is 0 Å². The zero-order valence-corrected chi connectivity index (χ0v) is 19.7. The summed E-state index contributed by atoms with van der Waals surface area (Å²) in [6.07, 6.45) is -3.91. The van der Waals surface area contributed by atoms with Crippen LogP contribution in [-0.4, -0.2) is 28.4 Å². The quantitative estimate of drug-likeness (QED) is 0.541. The molecule has 2 aliphatic heterocycles. The highest BCUT2D eigenvalue weighted by Gasteiger charge is 2.59. The number of hydrogen-bond acceptors (Lipinski definition) is 6. The molecule has 1 saturated heterocycles. The number of nitrogens with zero attached hydrogens (tertiary/aromatic N) is 2. The van der Waals surface area contributed by atoms with Gasteiger partial charge in [0.05, 0.1) is 40.3 Å². The number of nitriles is 1. The molecular formula is C27H25F3N2O4. The standard InChI is InChI=1S/C27H25F3N2O4/c1-12-14-9-16(27(28,29)30)13(11-31)8-15(14)23-19-20(26(36-23)4-6-35-7-5-26)18-17(33)10-25(2-3-25)24(34)22(18)32-21(12)19/h8-9,12,17,23-24,33-34H,2-7,10H2,1H3. The summed E-state index contributed by atoms with van der Waals surface area (Å²) in [5.41, 5.74) is 1.62. The molecule has 4 unspecified atom stereocenters. The molecule has 3 heterocycles. The second-order valence-corrected chi connectivity index (χ2v) is 11.0. The van der Waals surface area contributed by atoms with Gasteiger partial charge in [0.1, 0.15) is 12.2 Å². The van der Waals surface area contributed by atoms with Crippen LogP contribution in [0.5, 0.6) is 0 Å². The normalized spacial score (nSPS) is 30.5. The molecule has 0 amide bonds. The molecule has 188 valence electrons. The number of pyridine rings is 1. The van der Waals surface area contributed by atoms with E-state index in [0.29, 0.717) is 60.6 Å². The number of hydrogen-bond donors (Lipinski definition) is 2. The molecule has 2 spiro atoms. The first kappa shape index (κ1) is 22.7. The first-order valence-corrected chi connectivity index (χ1v) is 12.5. The minimum Gasteiger partial charge on any atom is -0.388 e. The lowest BCUT2D eigenvalue weighted by molar-refractivity contribution is -0.138. The third-order valence-corrected chi connectivity index (χ3v) is 9.17. The van der Waals surface area contributed by atoms with Crippen molar-refractivity contribution in [3.8, 4) is 6.07 Å². The van der Waals surface area contributed by atoms with Gasteiger partial charge in [-0.3, -0.25) is 4.98 Å². The molecule has 1 saturated carbocycles. The molecule has 7 rings (SSSR count). The average Bonchev–Trinajstić information content (AvgIpc) is 3.56. The molecule has 2 aromatic rings. The molecule has 36 heavy (non-hydrogen) atoms. The van der Waals surface area contributed by atoms with E-state index in [2.05, 4.69) is 0 Å². The van der Waals surface area contributed by atoms with Crippen LogP contribution in [0.3, 0.4) is 0 Å². The van der Waals surface area contributed by atoms with E-state index >= 15 is 0 Å². The zero-order chi connectivity index (χ0) is 25.2. The van der Waals surface area contributed by atoms with E-state index in [1.54, 1.807) is 6.07 Å². The van der Waals surface area contributed by atoms with Gasteiger partial charge in [-0.25, -0.2) is 0 Å². The Balaban J connectivity index is 1.52. The number of ether oxygens (including phenoxy) is 2. The molecule has 1 aromatic heterocycles. The van der Waals surface area contributed by atoms with E-state index in [-0.39, 0.29) is 5.41 Å².